The monoisotopic (exact) mass is 428 g/mol. The van der Waals surface area contributed by atoms with Crippen LogP contribution in [0.2, 0.25) is 0 Å². The van der Waals surface area contributed by atoms with Crippen molar-refractivity contribution in [2.45, 2.75) is 118 Å². The lowest BCUT2D eigenvalue weighted by molar-refractivity contribution is -0.148. The summed E-state index contributed by atoms with van der Waals surface area (Å²) in [6.45, 7) is 14.1. The second-order valence-corrected chi connectivity index (χ2v) is 12.8. The maximum absolute atomic E-state index is 11.5. The van der Waals surface area contributed by atoms with Gasteiger partial charge in [0.05, 0.1) is 0 Å². The Hall–Kier alpha value is -0.790. The zero-order valence-electron chi connectivity index (χ0n) is 21.2. The molecule has 0 aromatic carbocycles. The van der Waals surface area contributed by atoms with Crippen LogP contribution in [0.3, 0.4) is 0 Å². The Kier molecular flexibility index (Phi) is 6.68. The average molecular weight is 429 g/mol. The lowest BCUT2D eigenvalue weighted by Gasteiger charge is -2.58. The van der Waals surface area contributed by atoms with Gasteiger partial charge in [-0.3, -0.25) is 4.79 Å². The van der Waals surface area contributed by atoms with Crippen LogP contribution in [0, 0.1) is 46.3 Å². The first-order valence-electron chi connectivity index (χ1n) is 13.5. The second-order valence-electron chi connectivity index (χ2n) is 12.8. The Morgan fingerprint density at radius 3 is 2.55 bits per heavy atom. The zero-order valence-corrected chi connectivity index (χ0v) is 21.2. The number of esters is 1. The fraction of sp³-hybridized carbons (Fsp3) is 0.897. The molecule has 0 amide bonds. The fourth-order valence-electron chi connectivity index (χ4n) is 8.99. The summed E-state index contributed by atoms with van der Waals surface area (Å²) >= 11 is 0. The van der Waals surface area contributed by atoms with Gasteiger partial charge in [-0.25, -0.2) is 0 Å². The summed E-state index contributed by atoms with van der Waals surface area (Å²) in [5.74, 6) is 5.19. The van der Waals surface area contributed by atoms with Crippen LogP contribution in [-0.2, 0) is 9.53 Å². The summed E-state index contributed by atoms with van der Waals surface area (Å²) in [5, 5.41) is 0. The zero-order chi connectivity index (χ0) is 22.4. The van der Waals surface area contributed by atoms with Crippen molar-refractivity contribution in [3.63, 3.8) is 0 Å². The van der Waals surface area contributed by atoms with Crippen LogP contribution in [-0.4, -0.2) is 12.1 Å². The molecule has 176 valence electrons. The number of allylic oxidation sites excluding steroid dienone is 1. The molecule has 8 atom stereocenters. The predicted octanol–water partition coefficient (Wildman–Crippen LogP) is 7.96. The molecular formula is C29H48O2. The standard InChI is InChI=1S/C29H48O2/c1-19(2)8-7-9-20(3)25-12-13-26-24-11-10-22-18-23(31-21(4)30)14-16-28(22,5)27(24)15-17-29(25,26)6/h10,19-20,23-27H,7-9,11-18H2,1-6H3/t20-,23+,24-,25-,26-,27-,28-,29+/m0/s1. The average Bonchev–Trinajstić information content (AvgIpc) is 3.05. The molecule has 0 saturated heterocycles. The summed E-state index contributed by atoms with van der Waals surface area (Å²) in [5.41, 5.74) is 2.53. The molecule has 2 heteroatoms. The molecule has 2 nitrogen and oxygen atoms in total. The molecule has 0 unspecified atom stereocenters. The molecule has 0 radical (unpaired) electrons. The van der Waals surface area contributed by atoms with Gasteiger partial charge in [-0.15, -0.1) is 0 Å². The van der Waals surface area contributed by atoms with Crippen molar-refractivity contribution >= 4 is 5.97 Å². The maximum Gasteiger partial charge on any atom is 0.302 e. The second kappa shape index (κ2) is 8.86. The van der Waals surface area contributed by atoms with E-state index >= 15 is 0 Å². The maximum atomic E-state index is 11.5. The first-order chi connectivity index (χ1) is 14.6. The van der Waals surface area contributed by atoms with Gasteiger partial charge in [-0.2, -0.15) is 0 Å². The highest BCUT2D eigenvalue weighted by Gasteiger charge is 2.59. The number of hydrogen-bond acceptors (Lipinski definition) is 2. The SMILES string of the molecule is CC(=O)O[C@@H]1CC[C@@]2(C)C(=CC[C@H]3[C@@H]4CC[C@@H]([C@@H](C)CCCC(C)C)[C@@]4(C)CC[C@@H]32)C1. The molecule has 0 heterocycles. The minimum absolute atomic E-state index is 0.115. The van der Waals surface area contributed by atoms with Crippen LogP contribution < -0.4 is 0 Å². The summed E-state index contributed by atoms with van der Waals surface area (Å²) in [6, 6.07) is 0. The minimum Gasteiger partial charge on any atom is -0.462 e. The molecule has 0 aromatic heterocycles. The molecule has 4 aliphatic carbocycles. The van der Waals surface area contributed by atoms with Crippen molar-refractivity contribution in [1.29, 1.82) is 0 Å². The summed E-state index contributed by atoms with van der Waals surface area (Å²) in [6.07, 6.45) is 17.2. The predicted molar refractivity (Wildman–Crippen MR) is 129 cm³/mol. The molecule has 4 rings (SSSR count). The van der Waals surface area contributed by atoms with Gasteiger partial charge < -0.3 is 4.74 Å². The van der Waals surface area contributed by atoms with E-state index in [0.29, 0.717) is 10.8 Å². The largest absolute Gasteiger partial charge is 0.462 e. The smallest absolute Gasteiger partial charge is 0.302 e. The Labute approximate surface area is 192 Å². The Morgan fingerprint density at radius 2 is 1.84 bits per heavy atom. The number of hydrogen-bond donors (Lipinski definition) is 0. The van der Waals surface area contributed by atoms with Gasteiger partial charge in [0.15, 0.2) is 0 Å². The molecule has 3 saturated carbocycles. The highest BCUT2D eigenvalue weighted by atomic mass is 16.5. The van der Waals surface area contributed by atoms with E-state index in [1.54, 1.807) is 12.5 Å². The van der Waals surface area contributed by atoms with Crippen LogP contribution in [0.15, 0.2) is 11.6 Å². The highest BCUT2D eigenvalue weighted by molar-refractivity contribution is 5.66. The van der Waals surface area contributed by atoms with E-state index in [1.165, 1.54) is 57.8 Å². The minimum atomic E-state index is -0.115. The van der Waals surface area contributed by atoms with Crippen molar-refractivity contribution in [3.05, 3.63) is 11.6 Å². The first kappa shape index (κ1) is 23.4. The molecule has 0 aromatic rings. The molecule has 0 N–H and O–H groups in total. The topological polar surface area (TPSA) is 26.3 Å². The molecule has 3 fully saturated rings. The van der Waals surface area contributed by atoms with Crippen LogP contribution in [0.5, 0.6) is 0 Å². The number of carbonyl (C=O) groups excluding carboxylic acids is 1. The van der Waals surface area contributed by atoms with Gasteiger partial charge in [0.25, 0.3) is 0 Å². The summed E-state index contributed by atoms with van der Waals surface area (Å²) < 4.78 is 5.61. The normalized spacial score (nSPS) is 42.9. The van der Waals surface area contributed by atoms with E-state index in [0.717, 1.165) is 48.3 Å². The molecule has 4 aliphatic rings. The van der Waals surface area contributed by atoms with Crippen LogP contribution in [0.4, 0.5) is 0 Å². The molecule has 31 heavy (non-hydrogen) atoms. The van der Waals surface area contributed by atoms with Gasteiger partial charge in [0, 0.05) is 13.3 Å². The van der Waals surface area contributed by atoms with Gasteiger partial charge >= 0.3 is 5.97 Å². The number of fused-ring (bicyclic) bond motifs is 5. The van der Waals surface area contributed by atoms with Crippen molar-refractivity contribution in [2.24, 2.45) is 46.3 Å². The van der Waals surface area contributed by atoms with E-state index < -0.39 is 0 Å². The highest BCUT2D eigenvalue weighted by Crippen LogP contribution is 2.67. The first-order valence-corrected chi connectivity index (χ1v) is 13.5. The lowest BCUT2D eigenvalue weighted by Crippen LogP contribution is -2.51. The summed E-state index contributed by atoms with van der Waals surface area (Å²) in [7, 11) is 0. The van der Waals surface area contributed by atoms with E-state index in [9.17, 15) is 4.79 Å². The third kappa shape index (κ3) is 4.26. The number of ether oxygens (including phenoxy) is 1. The van der Waals surface area contributed by atoms with Gasteiger partial charge in [0.2, 0.25) is 0 Å². The van der Waals surface area contributed by atoms with Crippen LogP contribution in [0.1, 0.15) is 112 Å². The van der Waals surface area contributed by atoms with E-state index in [4.69, 9.17) is 4.74 Å². The third-order valence-electron chi connectivity index (χ3n) is 10.6. The number of rotatable bonds is 6. The van der Waals surface area contributed by atoms with Gasteiger partial charge in [-0.05, 0) is 91.3 Å². The third-order valence-corrected chi connectivity index (χ3v) is 10.6. The van der Waals surface area contributed by atoms with E-state index in [2.05, 4.69) is 40.7 Å². The van der Waals surface area contributed by atoms with E-state index in [1.807, 2.05) is 0 Å². The van der Waals surface area contributed by atoms with Crippen LogP contribution in [0.25, 0.3) is 0 Å². The Bertz CT molecular complexity index is 693. The molecule has 0 spiro atoms. The van der Waals surface area contributed by atoms with Crippen molar-refractivity contribution < 1.29 is 9.53 Å². The Balaban J connectivity index is 1.47. The van der Waals surface area contributed by atoms with Gasteiger partial charge in [0.1, 0.15) is 6.10 Å². The summed E-state index contributed by atoms with van der Waals surface area (Å²) in [4.78, 5) is 11.5. The lowest BCUT2D eigenvalue weighted by atomic mass is 9.47. The molecular weight excluding hydrogens is 380 g/mol. The Morgan fingerprint density at radius 1 is 1.06 bits per heavy atom. The number of carbonyl (C=O) groups is 1. The van der Waals surface area contributed by atoms with E-state index in [-0.39, 0.29) is 12.1 Å². The quantitative estimate of drug-likeness (QED) is 0.317. The molecule has 0 aliphatic heterocycles. The van der Waals surface area contributed by atoms with Crippen molar-refractivity contribution in [3.8, 4) is 0 Å². The fourth-order valence-corrected chi connectivity index (χ4v) is 8.99. The van der Waals surface area contributed by atoms with Gasteiger partial charge in [-0.1, -0.05) is 65.5 Å². The van der Waals surface area contributed by atoms with Crippen LogP contribution >= 0.6 is 0 Å². The molecule has 0 bridgehead atoms. The van der Waals surface area contributed by atoms with Crippen molar-refractivity contribution in [2.75, 3.05) is 0 Å². The van der Waals surface area contributed by atoms with Crippen molar-refractivity contribution in [1.82, 2.24) is 0 Å².